The summed E-state index contributed by atoms with van der Waals surface area (Å²) in [6, 6.07) is 8.33. The maximum Gasteiger partial charge on any atom is 0.0693 e. The molecule has 0 saturated carbocycles. The summed E-state index contributed by atoms with van der Waals surface area (Å²) in [7, 11) is 0. The molecule has 18 heavy (non-hydrogen) atoms. The van der Waals surface area contributed by atoms with Gasteiger partial charge in [0.1, 0.15) is 0 Å². The smallest absolute Gasteiger partial charge is 0.0693 e. The van der Waals surface area contributed by atoms with E-state index >= 15 is 0 Å². The third kappa shape index (κ3) is 2.42. The summed E-state index contributed by atoms with van der Waals surface area (Å²) in [5, 5.41) is 15.5. The van der Waals surface area contributed by atoms with Gasteiger partial charge in [0, 0.05) is 12.4 Å². The Kier molecular flexibility index (Phi) is 2.83. The van der Waals surface area contributed by atoms with Gasteiger partial charge in [-0.25, -0.2) is 9.36 Å². The Hall–Kier alpha value is -2.50. The van der Waals surface area contributed by atoms with Crippen LogP contribution in [0.2, 0.25) is 0 Å². The molecule has 6 nitrogen and oxygen atoms in total. The van der Waals surface area contributed by atoms with Crippen molar-refractivity contribution in [1.29, 1.82) is 0 Å². The van der Waals surface area contributed by atoms with Crippen LogP contribution in [0.3, 0.4) is 0 Å². The number of rotatable bonds is 4. The lowest BCUT2D eigenvalue weighted by Gasteiger charge is -2.05. The lowest BCUT2D eigenvalue weighted by atomic mass is 10.1. The molecule has 0 amide bonds. The molecule has 1 aromatic carbocycles. The van der Waals surface area contributed by atoms with Crippen LogP contribution in [0.15, 0.2) is 49.1 Å². The molecule has 3 aromatic rings. The van der Waals surface area contributed by atoms with Gasteiger partial charge in [-0.3, -0.25) is 0 Å². The van der Waals surface area contributed by atoms with E-state index in [-0.39, 0.29) is 0 Å². The minimum Gasteiger partial charge on any atom is -0.248 e. The number of hydrogen-bond donors (Lipinski definition) is 0. The van der Waals surface area contributed by atoms with Crippen molar-refractivity contribution in [3.8, 4) is 0 Å². The zero-order chi connectivity index (χ0) is 12.2. The zero-order valence-electron chi connectivity index (χ0n) is 9.72. The number of nitrogens with zero attached hydrogens (tertiary/aromatic N) is 6. The largest absolute Gasteiger partial charge is 0.248 e. The number of hydrogen-bond acceptors (Lipinski definition) is 4. The molecule has 0 radical (unpaired) electrons. The second-order valence-electron chi connectivity index (χ2n) is 4.02. The van der Waals surface area contributed by atoms with Gasteiger partial charge in [-0.15, -0.1) is 10.2 Å². The van der Waals surface area contributed by atoms with Crippen molar-refractivity contribution in [3.05, 3.63) is 60.2 Å². The Morgan fingerprint density at radius 2 is 1.39 bits per heavy atom. The fraction of sp³-hybridized carbons (Fsp3) is 0.167. The first-order chi connectivity index (χ1) is 8.90. The van der Waals surface area contributed by atoms with Gasteiger partial charge in [0.05, 0.1) is 25.5 Å². The molecule has 0 fully saturated rings. The van der Waals surface area contributed by atoms with Crippen LogP contribution in [0.1, 0.15) is 11.1 Å². The monoisotopic (exact) mass is 240 g/mol. The van der Waals surface area contributed by atoms with Crippen LogP contribution in [-0.4, -0.2) is 30.0 Å². The van der Waals surface area contributed by atoms with Gasteiger partial charge < -0.3 is 0 Å². The van der Waals surface area contributed by atoms with Crippen LogP contribution in [0.5, 0.6) is 0 Å². The van der Waals surface area contributed by atoms with Gasteiger partial charge >= 0.3 is 0 Å². The fourth-order valence-corrected chi connectivity index (χ4v) is 1.83. The van der Waals surface area contributed by atoms with Crippen LogP contribution in [-0.2, 0) is 13.1 Å². The molecule has 0 bridgehead atoms. The van der Waals surface area contributed by atoms with Gasteiger partial charge in [-0.05, 0) is 11.1 Å². The highest BCUT2D eigenvalue weighted by Gasteiger charge is 1.99. The summed E-state index contributed by atoms with van der Waals surface area (Å²) in [6.07, 6.45) is 7.06. The fourth-order valence-electron chi connectivity index (χ4n) is 1.83. The van der Waals surface area contributed by atoms with E-state index in [4.69, 9.17) is 0 Å². The van der Waals surface area contributed by atoms with E-state index in [1.54, 1.807) is 21.8 Å². The van der Waals surface area contributed by atoms with Crippen molar-refractivity contribution in [1.82, 2.24) is 30.0 Å². The Bertz CT molecular complexity index is 548. The molecule has 2 heterocycles. The SMILES string of the molecule is c1cc(Cn2ccnn2)cc(Cn2ccnn2)c1. The predicted molar refractivity (Wildman–Crippen MR) is 64.7 cm³/mol. The molecule has 0 atom stereocenters. The Morgan fingerprint density at radius 1 is 0.833 bits per heavy atom. The lowest BCUT2D eigenvalue weighted by Crippen LogP contribution is -2.03. The maximum absolute atomic E-state index is 3.96. The highest BCUT2D eigenvalue weighted by Crippen LogP contribution is 2.08. The van der Waals surface area contributed by atoms with Crippen molar-refractivity contribution < 1.29 is 0 Å². The van der Waals surface area contributed by atoms with Crippen molar-refractivity contribution >= 4 is 0 Å². The lowest BCUT2D eigenvalue weighted by molar-refractivity contribution is 0.639. The molecule has 2 aromatic heterocycles. The summed E-state index contributed by atoms with van der Waals surface area (Å²) in [5.74, 6) is 0. The summed E-state index contributed by atoms with van der Waals surface area (Å²) in [4.78, 5) is 0. The topological polar surface area (TPSA) is 61.4 Å². The van der Waals surface area contributed by atoms with E-state index in [1.807, 2.05) is 18.5 Å². The molecule has 0 aliphatic rings. The summed E-state index contributed by atoms with van der Waals surface area (Å²) in [6.45, 7) is 1.45. The quantitative estimate of drug-likeness (QED) is 0.681. The average Bonchev–Trinajstić information content (AvgIpc) is 3.03. The molecule has 0 aliphatic heterocycles. The molecular formula is C12H12N6. The van der Waals surface area contributed by atoms with E-state index in [0.717, 1.165) is 13.1 Å². The summed E-state index contributed by atoms with van der Waals surface area (Å²) >= 11 is 0. The number of benzene rings is 1. The minimum absolute atomic E-state index is 0.727. The van der Waals surface area contributed by atoms with Crippen LogP contribution in [0, 0.1) is 0 Å². The van der Waals surface area contributed by atoms with E-state index in [9.17, 15) is 0 Å². The Morgan fingerprint density at radius 3 is 1.83 bits per heavy atom. The van der Waals surface area contributed by atoms with Crippen LogP contribution in [0.4, 0.5) is 0 Å². The third-order valence-corrected chi connectivity index (χ3v) is 2.62. The van der Waals surface area contributed by atoms with Crippen molar-refractivity contribution in [2.45, 2.75) is 13.1 Å². The van der Waals surface area contributed by atoms with Crippen LogP contribution >= 0.6 is 0 Å². The molecule has 0 spiro atoms. The highest BCUT2D eigenvalue weighted by molar-refractivity contribution is 5.23. The molecule has 0 saturated heterocycles. The van der Waals surface area contributed by atoms with Gasteiger partial charge in [-0.2, -0.15) is 0 Å². The molecular weight excluding hydrogens is 228 g/mol. The van der Waals surface area contributed by atoms with E-state index in [1.165, 1.54) is 11.1 Å². The second-order valence-corrected chi connectivity index (χ2v) is 4.02. The van der Waals surface area contributed by atoms with E-state index in [2.05, 4.69) is 38.8 Å². The van der Waals surface area contributed by atoms with E-state index in [0.29, 0.717) is 0 Å². The molecule has 0 aliphatic carbocycles. The molecule has 6 heteroatoms. The van der Waals surface area contributed by atoms with Crippen molar-refractivity contribution in [2.24, 2.45) is 0 Å². The molecule has 3 rings (SSSR count). The third-order valence-electron chi connectivity index (χ3n) is 2.62. The first-order valence-electron chi connectivity index (χ1n) is 5.66. The standard InChI is InChI=1S/C12H12N6/c1-2-11(9-17-6-4-13-15-17)8-12(3-1)10-18-7-5-14-16-18/h1-8H,9-10H2. The Labute approximate surface area is 104 Å². The van der Waals surface area contributed by atoms with Gasteiger partial charge in [0.25, 0.3) is 0 Å². The van der Waals surface area contributed by atoms with Crippen molar-refractivity contribution in [2.75, 3.05) is 0 Å². The summed E-state index contributed by atoms with van der Waals surface area (Å²) < 4.78 is 3.60. The Balaban J connectivity index is 1.76. The normalized spacial score (nSPS) is 10.7. The van der Waals surface area contributed by atoms with Gasteiger partial charge in [0.15, 0.2) is 0 Å². The average molecular weight is 240 g/mol. The number of aromatic nitrogens is 6. The maximum atomic E-state index is 3.96. The van der Waals surface area contributed by atoms with Gasteiger partial charge in [-0.1, -0.05) is 34.7 Å². The molecule has 0 unspecified atom stereocenters. The highest BCUT2D eigenvalue weighted by atomic mass is 15.4. The van der Waals surface area contributed by atoms with Crippen LogP contribution in [0.25, 0.3) is 0 Å². The van der Waals surface area contributed by atoms with Gasteiger partial charge in [0.2, 0.25) is 0 Å². The van der Waals surface area contributed by atoms with E-state index < -0.39 is 0 Å². The van der Waals surface area contributed by atoms with Crippen molar-refractivity contribution in [3.63, 3.8) is 0 Å². The minimum atomic E-state index is 0.727. The first-order valence-corrected chi connectivity index (χ1v) is 5.66. The molecule has 90 valence electrons. The summed E-state index contributed by atoms with van der Waals surface area (Å²) in [5.41, 5.74) is 2.39. The second kappa shape index (κ2) is 4.79. The first kappa shape index (κ1) is 10.6. The zero-order valence-corrected chi connectivity index (χ0v) is 9.72. The van der Waals surface area contributed by atoms with Crippen LogP contribution < -0.4 is 0 Å². The predicted octanol–water partition coefficient (Wildman–Crippen LogP) is 0.966. The molecule has 0 N–H and O–H groups in total.